The van der Waals surface area contributed by atoms with Crippen LogP contribution in [0.15, 0.2) is 23.3 Å². The molecule has 5 nitrogen and oxygen atoms in total. The van der Waals surface area contributed by atoms with E-state index in [-0.39, 0.29) is 6.04 Å². The van der Waals surface area contributed by atoms with Crippen LogP contribution in [0.25, 0.3) is 10.4 Å². The molecule has 2 aliphatic rings. The molecule has 1 aromatic rings. The molecule has 0 aromatic heterocycles. The van der Waals surface area contributed by atoms with Gasteiger partial charge in [0.25, 0.3) is 0 Å². The standard InChI is InChI=1S/C15H20N4O/c16-19-18-14-7-8-20-15-9-11(5-6-13(14)15)10-17-12-3-1-2-4-12/h5-6,9,12,14,17H,1-4,7-8,10H2. The summed E-state index contributed by atoms with van der Waals surface area (Å²) >= 11 is 0. The van der Waals surface area contributed by atoms with Crippen molar-refractivity contribution in [1.82, 2.24) is 5.32 Å². The van der Waals surface area contributed by atoms with E-state index in [1.807, 2.05) is 6.07 Å². The highest BCUT2D eigenvalue weighted by Crippen LogP contribution is 2.35. The summed E-state index contributed by atoms with van der Waals surface area (Å²) in [7, 11) is 0. The lowest BCUT2D eigenvalue weighted by Gasteiger charge is -2.23. The van der Waals surface area contributed by atoms with Gasteiger partial charge in [-0.1, -0.05) is 30.1 Å². The maximum atomic E-state index is 8.61. The summed E-state index contributed by atoms with van der Waals surface area (Å²) in [6.45, 7) is 1.50. The van der Waals surface area contributed by atoms with E-state index in [1.165, 1.54) is 31.2 Å². The zero-order valence-corrected chi connectivity index (χ0v) is 11.6. The second-order valence-corrected chi connectivity index (χ2v) is 5.59. The zero-order chi connectivity index (χ0) is 13.8. The molecule has 1 saturated carbocycles. The lowest BCUT2D eigenvalue weighted by Crippen LogP contribution is -2.25. The summed E-state index contributed by atoms with van der Waals surface area (Å²) < 4.78 is 5.70. The number of hydrogen-bond acceptors (Lipinski definition) is 3. The number of fused-ring (bicyclic) bond motifs is 1. The van der Waals surface area contributed by atoms with E-state index >= 15 is 0 Å². The van der Waals surface area contributed by atoms with Crippen LogP contribution in [0.5, 0.6) is 5.75 Å². The maximum Gasteiger partial charge on any atom is 0.123 e. The molecule has 1 fully saturated rings. The second-order valence-electron chi connectivity index (χ2n) is 5.59. The Labute approximate surface area is 119 Å². The molecular formula is C15H20N4O. The Morgan fingerprint density at radius 2 is 2.15 bits per heavy atom. The van der Waals surface area contributed by atoms with E-state index in [2.05, 4.69) is 27.5 Å². The van der Waals surface area contributed by atoms with Crippen molar-refractivity contribution in [3.05, 3.63) is 39.8 Å². The fourth-order valence-electron chi connectivity index (χ4n) is 3.10. The van der Waals surface area contributed by atoms with Gasteiger partial charge < -0.3 is 10.1 Å². The highest BCUT2D eigenvalue weighted by atomic mass is 16.5. The molecule has 1 heterocycles. The summed E-state index contributed by atoms with van der Waals surface area (Å²) in [6.07, 6.45) is 6.04. The Hall–Kier alpha value is -1.71. The first-order valence-corrected chi connectivity index (χ1v) is 7.40. The van der Waals surface area contributed by atoms with E-state index in [4.69, 9.17) is 10.3 Å². The second kappa shape index (κ2) is 6.16. The number of rotatable bonds is 4. The molecule has 1 N–H and O–H groups in total. The van der Waals surface area contributed by atoms with E-state index < -0.39 is 0 Å². The quantitative estimate of drug-likeness (QED) is 0.513. The van der Waals surface area contributed by atoms with Crippen molar-refractivity contribution in [2.75, 3.05) is 6.61 Å². The SMILES string of the molecule is [N-]=[N+]=NC1CCOc2cc(CNC3CCCC3)ccc21. The van der Waals surface area contributed by atoms with Gasteiger partial charge in [-0.15, -0.1) is 0 Å². The largest absolute Gasteiger partial charge is 0.493 e. The molecular weight excluding hydrogens is 252 g/mol. The van der Waals surface area contributed by atoms with Crippen LogP contribution in [0.3, 0.4) is 0 Å². The van der Waals surface area contributed by atoms with Gasteiger partial charge in [0.05, 0.1) is 12.6 Å². The predicted molar refractivity (Wildman–Crippen MR) is 77.5 cm³/mol. The molecule has 0 amide bonds. The van der Waals surface area contributed by atoms with Crippen molar-refractivity contribution in [1.29, 1.82) is 0 Å². The lowest BCUT2D eigenvalue weighted by atomic mass is 9.99. The van der Waals surface area contributed by atoms with Crippen molar-refractivity contribution >= 4 is 0 Å². The van der Waals surface area contributed by atoms with Crippen LogP contribution in [0.1, 0.15) is 49.3 Å². The minimum Gasteiger partial charge on any atom is -0.493 e. The molecule has 1 aromatic carbocycles. The van der Waals surface area contributed by atoms with Gasteiger partial charge in [-0.3, -0.25) is 0 Å². The Balaban J connectivity index is 1.70. The lowest BCUT2D eigenvalue weighted by molar-refractivity contribution is 0.268. The fourth-order valence-corrected chi connectivity index (χ4v) is 3.10. The Bertz CT molecular complexity index is 519. The van der Waals surface area contributed by atoms with E-state index in [0.717, 1.165) is 24.3 Å². The molecule has 20 heavy (non-hydrogen) atoms. The maximum absolute atomic E-state index is 8.61. The Morgan fingerprint density at radius 1 is 1.30 bits per heavy atom. The Morgan fingerprint density at radius 3 is 2.95 bits per heavy atom. The first kappa shape index (κ1) is 13.3. The van der Waals surface area contributed by atoms with Gasteiger partial charge in [-0.05, 0) is 36.4 Å². The third-order valence-electron chi connectivity index (χ3n) is 4.23. The summed E-state index contributed by atoms with van der Waals surface area (Å²) in [6, 6.07) is 6.81. The molecule has 1 aliphatic carbocycles. The third kappa shape index (κ3) is 2.89. The number of ether oxygens (including phenoxy) is 1. The fraction of sp³-hybridized carbons (Fsp3) is 0.600. The van der Waals surface area contributed by atoms with Crippen molar-refractivity contribution in [2.24, 2.45) is 5.11 Å². The first-order chi connectivity index (χ1) is 9.86. The van der Waals surface area contributed by atoms with Crippen LogP contribution in [-0.4, -0.2) is 12.6 Å². The third-order valence-corrected chi connectivity index (χ3v) is 4.23. The number of benzene rings is 1. The molecule has 0 radical (unpaired) electrons. The average Bonchev–Trinajstić information content (AvgIpc) is 2.99. The molecule has 5 heteroatoms. The monoisotopic (exact) mass is 272 g/mol. The summed E-state index contributed by atoms with van der Waals surface area (Å²) in [5.74, 6) is 0.874. The normalized spacial score (nSPS) is 21.9. The van der Waals surface area contributed by atoms with Crippen LogP contribution in [-0.2, 0) is 6.54 Å². The van der Waals surface area contributed by atoms with Gasteiger partial charge in [0.1, 0.15) is 5.75 Å². The average molecular weight is 272 g/mol. The van der Waals surface area contributed by atoms with Gasteiger partial charge in [0.15, 0.2) is 0 Å². The molecule has 1 aliphatic heterocycles. The first-order valence-electron chi connectivity index (χ1n) is 7.40. The predicted octanol–water partition coefficient (Wildman–Crippen LogP) is 3.85. The molecule has 106 valence electrons. The Kier molecular flexibility index (Phi) is 4.09. The minimum atomic E-state index is -0.0828. The van der Waals surface area contributed by atoms with Gasteiger partial charge >= 0.3 is 0 Å². The van der Waals surface area contributed by atoms with Crippen molar-refractivity contribution in [3.63, 3.8) is 0 Å². The van der Waals surface area contributed by atoms with Crippen LogP contribution in [0, 0.1) is 0 Å². The van der Waals surface area contributed by atoms with Crippen molar-refractivity contribution in [2.45, 2.75) is 50.7 Å². The minimum absolute atomic E-state index is 0.0828. The van der Waals surface area contributed by atoms with Crippen LogP contribution in [0.2, 0.25) is 0 Å². The molecule has 3 rings (SSSR count). The van der Waals surface area contributed by atoms with E-state index in [9.17, 15) is 0 Å². The van der Waals surface area contributed by atoms with Gasteiger partial charge in [-0.2, -0.15) is 0 Å². The van der Waals surface area contributed by atoms with Crippen LogP contribution >= 0.6 is 0 Å². The summed E-state index contributed by atoms with van der Waals surface area (Å²) in [4.78, 5) is 2.93. The number of azide groups is 1. The van der Waals surface area contributed by atoms with Crippen LogP contribution < -0.4 is 10.1 Å². The summed E-state index contributed by atoms with van der Waals surface area (Å²) in [5, 5.41) is 7.45. The molecule has 0 bridgehead atoms. The number of nitrogens with one attached hydrogen (secondary N) is 1. The van der Waals surface area contributed by atoms with Gasteiger partial charge in [-0.25, -0.2) is 0 Å². The highest BCUT2D eigenvalue weighted by molar-refractivity contribution is 5.41. The number of nitrogens with zero attached hydrogens (tertiary/aromatic N) is 3. The molecule has 1 atom stereocenters. The topological polar surface area (TPSA) is 70.0 Å². The smallest absolute Gasteiger partial charge is 0.123 e. The number of hydrogen-bond donors (Lipinski definition) is 1. The van der Waals surface area contributed by atoms with Gasteiger partial charge in [0, 0.05) is 23.1 Å². The van der Waals surface area contributed by atoms with Crippen molar-refractivity contribution < 1.29 is 4.74 Å². The molecule has 0 saturated heterocycles. The zero-order valence-electron chi connectivity index (χ0n) is 11.6. The van der Waals surface area contributed by atoms with Gasteiger partial charge in [0.2, 0.25) is 0 Å². The summed E-state index contributed by atoms with van der Waals surface area (Å²) in [5.41, 5.74) is 10.9. The molecule has 1 unspecified atom stereocenters. The highest BCUT2D eigenvalue weighted by Gasteiger charge is 2.21. The van der Waals surface area contributed by atoms with Crippen LogP contribution in [0.4, 0.5) is 0 Å². The van der Waals surface area contributed by atoms with E-state index in [0.29, 0.717) is 12.6 Å². The molecule has 0 spiro atoms. The van der Waals surface area contributed by atoms with Crippen molar-refractivity contribution in [3.8, 4) is 5.75 Å². The van der Waals surface area contributed by atoms with E-state index in [1.54, 1.807) is 0 Å².